The van der Waals surface area contributed by atoms with Crippen LogP contribution in [0.25, 0.3) is 11.3 Å². The number of aromatic nitrogens is 2. The largest absolute Gasteiger partial charge is 0.490 e. The van der Waals surface area contributed by atoms with Crippen molar-refractivity contribution in [2.75, 3.05) is 19.0 Å². The summed E-state index contributed by atoms with van der Waals surface area (Å²) >= 11 is 2.43. The second-order valence-corrected chi connectivity index (χ2v) is 6.28. The summed E-state index contributed by atoms with van der Waals surface area (Å²) in [6.07, 6.45) is -10.2. The first-order valence-corrected chi connectivity index (χ1v) is 8.69. The van der Waals surface area contributed by atoms with Crippen LogP contribution in [0, 0.1) is 0 Å². The van der Waals surface area contributed by atoms with E-state index >= 15 is 0 Å². The van der Waals surface area contributed by atoms with Crippen molar-refractivity contribution in [3.05, 3.63) is 22.4 Å². The van der Waals surface area contributed by atoms with E-state index in [4.69, 9.17) is 24.5 Å². The van der Waals surface area contributed by atoms with E-state index in [0.29, 0.717) is 11.4 Å². The summed E-state index contributed by atoms with van der Waals surface area (Å²) in [4.78, 5) is 33.9. The van der Waals surface area contributed by atoms with Crippen LogP contribution in [0.1, 0.15) is 0 Å². The Morgan fingerprint density at radius 1 is 1.13 bits per heavy atom. The number of hydrogen-bond acceptors (Lipinski definition) is 6. The number of benzene rings is 1. The van der Waals surface area contributed by atoms with Crippen molar-refractivity contribution in [3.8, 4) is 17.0 Å². The molecule has 31 heavy (non-hydrogen) atoms. The summed E-state index contributed by atoms with van der Waals surface area (Å²) in [6, 6.07) is 3.32. The number of methoxy groups -OCH3 is 1. The molecule has 0 aromatic rings. The van der Waals surface area contributed by atoms with Gasteiger partial charge in [-0.15, -0.1) is 0 Å². The molecular weight excluding hydrogens is 507 g/mol. The molecule has 0 saturated carbocycles. The number of ether oxygens (including phenoxy) is 1. The zero-order chi connectivity index (χ0) is 24.1. The Morgan fingerprint density at radius 3 is 2.03 bits per heavy atom. The zero-order valence-corrected chi connectivity index (χ0v) is 17.1. The maximum absolute atomic E-state index is 11.7. The molecule has 9 nitrogen and oxygen atoms in total. The number of fused-ring (bicyclic) bond motifs is 3. The number of nitrogens with one attached hydrogen (secondary N) is 1. The van der Waals surface area contributed by atoms with Gasteiger partial charge >= 0.3 is 131 Å². The summed E-state index contributed by atoms with van der Waals surface area (Å²) in [5, 5.41) is 17.6. The Bertz CT molecular complexity index is 967. The Hall–Kier alpha value is -2.96. The molecule has 0 atom stereocenters. The molecule has 3 rings (SSSR count). The molecule has 3 N–H and O–H groups in total. The number of nitrogens with zero attached hydrogens (tertiary/aromatic N) is 2. The van der Waals surface area contributed by atoms with Gasteiger partial charge in [-0.05, 0) is 0 Å². The summed E-state index contributed by atoms with van der Waals surface area (Å²) < 4.78 is 71.5. The average Bonchev–Trinajstić information content (AvgIpc) is 3.12. The minimum absolute atomic E-state index is 0.137. The predicted molar refractivity (Wildman–Crippen MR) is 92.9 cm³/mol. The number of aliphatic carboxylic acids is 2. The molecule has 1 aliphatic carbocycles. The Kier molecular flexibility index (Phi) is 8.32. The van der Waals surface area contributed by atoms with Crippen LogP contribution in [0.4, 0.5) is 32.2 Å². The van der Waals surface area contributed by atoms with Crippen LogP contribution < -0.4 is 20.1 Å². The van der Waals surface area contributed by atoms with Crippen LogP contribution in [0.15, 0.2) is 16.9 Å². The van der Waals surface area contributed by atoms with Gasteiger partial charge in [-0.25, -0.2) is 9.59 Å². The molecule has 0 spiro atoms. The molecule has 170 valence electrons. The first kappa shape index (κ1) is 26.1. The number of rotatable bonds is 1. The minimum Gasteiger partial charge on any atom is -0.475 e. The minimum atomic E-state index is -5.08. The van der Waals surface area contributed by atoms with Crippen LogP contribution in [-0.4, -0.2) is 74.6 Å². The molecule has 16 heteroatoms. The molecule has 0 aromatic carbocycles. The van der Waals surface area contributed by atoms with Gasteiger partial charge in [0.2, 0.25) is 0 Å². The molecule has 2 radical (unpaired) electrons. The maximum atomic E-state index is 11.7. The second kappa shape index (κ2) is 9.90. The van der Waals surface area contributed by atoms with E-state index in [1.165, 1.54) is 13.2 Å². The van der Waals surface area contributed by atoms with Crippen LogP contribution in [-0.2, 0) is 16.1 Å². The summed E-state index contributed by atoms with van der Waals surface area (Å²) in [5.74, 6) is -4.20. The van der Waals surface area contributed by atoms with Crippen molar-refractivity contribution < 1.29 is 50.9 Å². The molecule has 2 heterocycles. The van der Waals surface area contributed by atoms with Gasteiger partial charge in [0.25, 0.3) is 0 Å². The summed E-state index contributed by atoms with van der Waals surface area (Å²) in [7, 11) is 1.50. The third-order valence-corrected chi connectivity index (χ3v) is 4.11. The Balaban J connectivity index is 0.000000288. The molecule has 0 unspecified atom stereocenters. The molecule has 3 aliphatic rings. The van der Waals surface area contributed by atoms with Crippen molar-refractivity contribution in [3.63, 3.8) is 0 Å². The van der Waals surface area contributed by atoms with E-state index in [2.05, 4.69) is 31.7 Å². The number of carbonyl (C=O) groups is 2. The molecule has 0 saturated heterocycles. The normalized spacial score (nSPS) is 12.5. The van der Waals surface area contributed by atoms with E-state index in [1.54, 1.807) is 6.07 Å². The molecule has 2 aliphatic heterocycles. The van der Waals surface area contributed by atoms with Gasteiger partial charge in [-0.2, -0.15) is 26.3 Å². The maximum Gasteiger partial charge on any atom is 0.490 e. The van der Waals surface area contributed by atoms with Crippen molar-refractivity contribution in [1.82, 2.24) is 9.55 Å². The second-order valence-electron chi connectivity index (χ2n) is 5.44. The average molecular weight is 519 g/mol. The fourth-order valence-electron chi connectivity index (χ4n) is 2.15. The van der Waals surface area contributed by atoms with Crippen molar-refractivity contribution in [2.45, 2.75) is 18.9 Å². The van der Waals surface area contributed by atoms with Gasteiger partial charge in [-0.3, -0.25) is 0 Å². The summed E-state index contributed by atoms with van der Waals surface area (Å²) in [5.41, 5.74) is 1.41. The number of anilines is 1. The molecule has 0 aromatic heterocycles. The Morgan fingerprint density at radius 2 is 1.61 bits per heavy atom. The van der Waals surface area contributed by atoms with E-state index in [0.717, 1.165) is 29.1 Å². The molecule has 0 bridgehead atoms. The van der Waals surface area contributed by atoms with E-state index in [-0.39, 0.29) is 5.43 Å². The number of halogens is 6. The number of carboxylic acids is 2. The first-order valence-electron chi connectivity index (χ1n) is 7.75. The monoisotopic (exact) mass is 519 g/mol. The van der Waals surface area contributed by atoms with Gasteiger partial charge < -0.3 is 10.2 Å². The van der Waals surface area contributed by atoms with Gasteiger partial charge in [0.05, 0.1) is 0 Å². The number of carboxylic acid groups (broad SMARTS) is 2. The van der Waals surface area contributed by atoms with E-state index in [9.17, 15) is 31.1 Å². The fraction of sp³-hybridized carbons (Fsp3) is 0.333. The van der Waals surface area contributed by atoms with Crippen LogP contribution >= 0.6 is 0 Å². The first-order chi connectivity index (χ1) is 14.1. The molecular formula is C15H12AsF6N3O6. The third kappa shape index (κ3) is 6.77. The van der Waals surface area contributed by atoms with Crippen molar-refractivity contribution >= 4 is 39.2 Å². The standard InChI is InChI=1S/C11H10AsN3O2.2C2HF3O2/c1-17-9-7(16)3-2-6-8(9)14-11(12)15-5-4-13-10(6)15;2*3-2(4,5)1(6)7/h2-3,13H,4-5H2,1H3;2*(H,6,7). The van der Waals surface area contributed by atoms with Gasteiger partial charge in [-0.1, -0.05) is 0 Å². The fourth-order valence-corrected chi connectivity index (χ4v) is 2.78. The van der Waals surface area contributed by atoms with Crippen LogP contribution in [0.5, 0.6) is 5.75 Å². The van der Waals surface area contributed by atoms with Crippen molar-refractivity contribution in [1.29, 1.82) is 0 Å². The van der Waals surface area contributed by atoms with E-state index in [1.807, 2.05) is 0 Å². The smallest absolute Gasteiger partial charge is 0.475 e. The quantitative estimate of drug-likeness (QED) is 0.374. The van der Waals surface area contributed by atoms with Gasteiger partial charge in [0.15, 0.2) is 0 Å². The summed E-state index contributed by atoms with van der Waals surface area (Å²) in [6.45, 7) is 1.77. The number of alkyl halides is 6. The topological polar surface area (TPSA) is 131 Å². The zero-order valence-electron chi connectivity index (χ0n) is 15.2. The van der Waals surface area contributed by atoms with Crippen molar-refractivity contribution in [2.24, 2.45) is 0 Å². The predicted octanol–water partition coefficient (Wildman–Crippen LogP) is 0.843. The van der Waals surface area contributed by atoms with Crippen LogP contribution in [0.2, 0.25) is 0 Å². The molecule has 0 fully saturated rings. The number of hydrogen-bond donors (Lipinski definition) is 3. The molecule has 0 amide bonds. The Labute approximate surface area is 177 Å². The van der Waals surface area contributed by atoms with Crippen LogP contribution in [0.3, 0.4) is 0 Å². The SMILES string of the molecule is COc1c2nc([As])n3c(c-2ccc1=O)NCC3.O=C(O)C(F)(F)F.O=C(O)C(F)(F)F. The van der Waals surface area contributed by atoms with Gasteiger partial charge in [0.1, 0.15) is 0 Å². The van der Waals surface area contributed by atoms with Gasteiger partial charge in [0, 0.05) is 0 Å². The van der Waals surface area contributed by atoms with E-state index < -0.39 is 24.3 Å². The third-order valence-electron chi connectivity index (χ3n) is 3.39.